The van der Waals surface area contributed by atoms with Crippen LogP contribution in [0.15, 0.2) is 0 Å². The Bertz CT molecular complexity index is 184. The Hall–Kier alpha value is -0.610. The number of carboxylic acids is 1. The van der Waals surface area contributed by atoms with Crippen molar-refractivity contribution in [1.29, 1.82) is 0 Å². The molecule has 1 saturated heterocycles. The van der Waals surface area contributed by atoms with Crippen LogP contribution in [-0.4, -0.2) is 46.8 Å². The van der Waals surface area contributed by atoms with Gasteiger partial charge in [0.1, 0.15) is 0 Å². The number of carbonyl (C=O) groups is 1. The van der Waals surface area contributed by atoms with Crippen LogP contribution in [0.2, 0.25) is 0 Å². The van der Waals surface area contributed by atoms with E-state index in [2.05, 4.69) is 4.90 Å². The van der Waals surface area contributed by atoms with Gasteiger partial charge in [0.15, 0.2) is 0 Å². The molecule has 0 bridgehead atoms. The summed E-state index contributed by atoms with van der Waals surface area (Å²) in [6.07, 6.45) is 1.47. The summed E-state index contributed by atoms with van der Waals surface area (Å²) >= 11 is 0. The van der Waals surface area contributed by atoms with Crippen molar-refractivity contribution in [2.24, 2.45) is 5.92 Å². The third-order valence-corrected chi connectivity index (χ3v) is 2.81. The van der Waals surface area contributed by atoms with Gasteiger partial charge in [0.2, 0.25) is 0 Å². The number of aliphatic hydroxyl groups is 1. The summed E-state index contributed by atoms with van der Waals surface area (Å²) < 4.78 is 0. The van der Waals surface area contributed by atoms with E-state index in [1.807, 2.05) is 6.92 Å². The average molecular weight is 187 g/mol. The summed E-state index contributed by atoms with van der Waals surface area (Å²) in [5.74, 6) is -0.919. The van der Waals surface area contributed by atoms with E-state index in [1.165, 1.54) is 0 Å². The van der Waals surface area contributed by atoms with E-state index < -0.39 is 5.97 Å². The van der Waals surface area contributed by atoms with Crippen LogP contribution < -0.4 is 0 Å². The molecule has 0 spiro atoms. The highest BCUT2D eigenvalue weighted by molar-refractivity contribution is 5.71. The Balaban J connectivity index is 2.40. The van der Waals surface area contributed by atoms with Gasteiger partial charge in [-0.1, -0.05) is 0 Å². The van der Waals surface area contributed by atoms with E-state index in [-0.39, 0.29) is 18.6 Å². The number of hydrogen-bond acceptors (Lipinski definition) is 3. The molecule has 0 radical (unpaired) electrons. The first-order chi connectivity index (χ1) is 6.16. The first kappa shape index (κ1) is 10.5. The highest BCUT2D eigenvalue weighted by Crippen LogP contribution is 2.23. The molecule has 0 saturated carbocycles. The molecular weight excluding hydrogens is 170 g/mol. The van der Waals surface area contributed by atoms with Gasteiger partial charge in [0.25, 0.3) is 0 Å². The molecule has 1 fully saturated rings. The van der Waals surface area contributed by atoms with E-state index in [0.717, 1.165) is 25.9 Å². The lowest BCUT2D eigenvalue weighted by atomic mass is 10.0. The molecule has 1 rings (SSSR count). The van der Waals surface area contributed by atoms with Crippen molar-refractivity contribution in [3.63, 3.8) is 0 Å². The van der Waals surface area contributed by atoms with Gasteiger partial charge in [-0.05, 0) is 26.3 Å². The molecule has 0 aromatic heterocycles. The number of aliphatic carboxylic acids is 1. The molecule has 0 aliphatic carbocycles. The number of carboxylic acid groups (broad SMARTS) is 1. The maximum absolute atomic E-state index is 10.8. The zero-order chi connectivity index (χ0) is 9.84. The molecule has 1 aliphatic rings. The van der Waals surface area contributed by atoms with Gasteiger partial charge in [0, 0.05) is 19.2 Å². The summed E-state index contributed by atoms with van der Waals surface area (Å²) in [6.45, 7) is 3.78. The fourth-order valence-corrected chi connectivity index (χ4v) is 1.92. The summed E-state index contributed by atoms with van der Waals surface area (Å²) in [5.41, 5.74) is 0. The molecule has 1 aliphatic heterocycles. The van der Waals surface area contributed by atoms with Crippen LogP contribution in [0.4, 0.5) is 0 Å². The highest BCUT2D eigenvalue weighted by atomic mass is 16.4. The second kappa shape index (κ2) is 4.58. The molecular formula is C9H17NO3. The van der Waals surface area contributed by atoms with Crippen LogP contribution in [0, 0.1) is 5.92 Å². The molecule has 76 valence electrons. The molecule has 1 heterocycles. The fourth-order valence-electron chi connectivity index (χ4n) is 1.92. The minimum Gasteiger partial charge on any atom is -0.481 e. The zero-order valence-electron chi connectivity index (χ0n) is 7.94. The Morgan fingerprint density at radius 3 is 2.77 bits per heavy atom. The third-order valence-electron chi connectivity index (χ3n) is 2.81. The number of hydrogen-bond donors (Lipinski definition) is 2. The van der Waals surface area contributed by atoms with E-state index in [1.54, 1.807) is 0 Å². The van der Waals surface area contributed by atoms with Crippen molar-refractivity contribution in [3.05, 3.63) is 0 Å². The van der Waals surface area contributed by atoms with Gasteiger partial charge in [-0.25, -0.2) is 0 Å². The molecule has 2 N–H and O–H groups in total. The largest absolute Gasteiger partial charge is 0.481 e. The fraction of sp³-hybridized carbons (Fsp3) is 0.889. The topological polar surface area (TPSA) is 60.8 Å². The van der Waals surface area contributed by atoms with Gasteiger partial charge in [-0.2, -0.15) is 0 Å². The second-order valence-electron chi connectivity index (χ2n) is 3.59. The predicted octanol–water partition coefficient (Wildman–Crippen LogP) is 0.164. The zero-order valence-corrected chi connectivity index (χ0v) is 7.94. The van der Waals surface area contributed by atoms with Crippen LogP contribution in [0.3, 0.4) is 0 Å². The van der Waals surface area contributed by atoms with Crippen molar-refractivity contribution >= 4 is 5.97 Å². The van der Waals surface area contributed by atoms with Crippen LogP contribution in [0.5, 0.6) is 0 Å². The Labute approximate surface area is 78.2 Å². The van der Waals surface area contributed by atoms with Crippen LogP contribution in [0.25, 0.3) is 0 Å². The van der Waals surface area contributed by atoms with Crippen molar-refractivity contribution in [3.8, 4) is 0 Å². The van der Waals surface area contributed by atoms with Crippen molar-refractivity contribution < 1.29 is 15.0 Å². The Morgan fingerprint density at radius 1 is 1.62 bits per heavy atom. The molecule has 4 heteroatoms. The summed E-state index contributed by atoms with van der Waals surface area (Å²) in [6, 6.07) is 0.115. The van der Waals surface area contributed by atoms with Gasteiger partial charge in [-0.3, -0.25) is 9.69 Å². The quantitative estimate of drug-likeness (QED) is 0.658. The van der Waals surface area contributed by atoms with Gasteiger partial charge >= 0.3 is 5.97 Å². The van der Waals surface area contributed by atoms with Crippen molar-refractivity contribution in [1.82, 2.24) is 4.90 Å². The third kappa shape index (κ3) is 2.42. The van der Waals surface area contributed by atoms with Crippen LogP contribution >= 0.6 is 0 Å². The number of aliphatic hydroxyl groups excluding tert-OH is 1. The standard InChI is InChI=1S/C9H17NO3/c1-7-8(9(12)13)3-5-10(7)4-2-6-11/h7-8,11H,2-6H2,1H3,(H,12,13). The van der Waals surface area contributed by atoms with E-state index in [4.69, 9.17) is 10.2 Å². The van der Waals surface area contributed by atoms with Crippen LogP contribution in [0.1, 0.15) is 19.8 Å². The van der Waals surface area contributed by atoms with E-state index in [0.29, 0.717) is 0 Å². The lowest BCUT2D eigenvalue weighted by Crippen LogP contribution is -2.33. The molecule has 13 heavy (non-hydrogen) atoms. The first-order valence-corrected chi connectivity index (χ1v) is 4.74. The summed E-state index contributed by atoms with van der Waals surface area (Å²) in [7, 11) is 0. The average Bonchev–Trinajstić information content (AvgIpc) is 2.43. The molecule has 0 aromatic carbocycles. The summed E-state index contributed by atoms with van der Waals surface area (Å²) in [4.78, 5) is 12.9. The van der Waals surface area contributed by atoms with Crippen molar-refractivity contribution in [2.75, 3.05) is 19.7 Å². The normalized spacial score (nSPS) is 29.4. The lowest BCUT2D eigenvalue weighted by Gasteiger charge is -2.22. The number of nitrogens with zero attached hydrogens (tertiary/aromatic N) is 1. The Morgan fingerprint density at radius 2 is 2.31 bits per heavy atom. The molecule has 0 aromatic rings. The minimum atomic E-state index is -0.695. The molecule has 2 atom stereocenters. The minimum absolute atomic E-state index is 0.115. The smallest absolute Gasteiger partial charge is 0.308 e. The van der Waals surface area contributed by atoms with E-state index >= 15 is 0 Å². The number of rotatable bonds is 4. The van der Waals surface area contributed by atoms with Crippen molar-refractivity contribution in [2.45, 2.75) is 25.8 Å². The number of likely N-dealkylation sites (tertiary alicyclic amines) is 1. The molecule has 2 unspecified atom stereocenters. The summed E-state index contributed by atoms with van der Waals surface area (Å²) in [5, 5.41) is 17.5. The SMILES string of the molecule is CC1C(C(=O)O)CCN1CCCO. The lowest BCUT2D eigenvalue weighted by molar-refractivity contribution is -0.142. The Kier molecular flexibility index (Phi) is 3.69. The maximum atomic E-state index is 10.8. The molecule has 4 nitrogen and oxygen atoms in total. The molecule has 0 amide bonds. The second-order valence-corrected chi connectivity index (χ2v) is 3.59. The van der Waals surface area contributed by atoms with Gasteiger partial charge in [-0.15, -0.1) is 0 Å². The van der Waals surface area contributed by atoms with Gasteiger partial charge < -0.3 is 10.2 Å². The monoisotopic (exact) mass is 187 g/mol. The first-order valence-electron chi connectivity index (χ1n) is 4.74. The highest BCUT2D eigenvalue weighted by Gasteiger charge is 2.34. The van der Waals surface area contributed by atoms with Gasteiger partial charge in [0.05, 0.1) is 5.92 Å². The predicted molar refractivity (Wildman–Crippen MR) is 48.5 cm³/mol. The van der Waals surface area contributed by atoms with Crippen LogP contribution in [-0.2, 0) is 4.79 Å². The van der Waals surface area contributed by atoms with E-state index in [9.17, 15) is 4.79 Å². The maximum Gasteiger partial charge on any atom is 0.308 e.